The minimum absolute atomic E-state index is 0.968. The van der Waals surface area contributed by atoms with Crippen LogP contribution in [0, 0.1) is 0 Å². The van der Waals surface area contributed by atoms with Gasteiger partial charge in [-0.1, -0.05) is 52.5 Å². The number of allylic oxidation sites excluding steroid dienone is 3. The number of aliphatic imine (C=N–C) groups is 1. The number of rotatable bonds is 3. The van der Waals surface area contributed by atoms with Gasteiger partial charge in [0.2, 0.25) is 0 Å². The van der Waals surface area contributed by atoms with Crippen molar-refractivity contribution in [1.82, 2.24) is 0 Å². The molecule has 0 aliphatic rings. The van der Waals surface area contributed by atoms with Gasteiger partial charge in [-0.25, -0.2) is 0 Å². The lowest BCUT2D eigenvalue weighted by Gasteiger charge is -2.01. The summed E-state index contributed by atoms with van der Waals surface area (Å²) in [6.07, 6.45) is 3.36. The van der Waals surface area contributed by atoms with Crippen LogP contribution in [0.3, 0.4) is 0 Å². The third-order valence-electron chi connectivity index (χ3n) is 1.42. The Morgan fingerprint density at radius 2 is 1.33 bits per heavy atom. The van der Waals surface area contributed by atoms with Crippen molar-refractivity contribution < 1.29 is 0 Å². The summed E-state index contributed by atoms with van der Waals surface area (Å²) in [7, 11) is 0. The summed E-state index contributed by atoms with van der Waals surface area (Å²) in [4.78, 5) is 4.07. The van der Waals surface area contributed by atoms with E-state index in [1.54, 1.807) is 6.20 Å². The molecule has 0 spiro atoms. The first kappa shape index (κ1) is 19.5. The van der Waals surface area contributed by atoms with E-state index in [0.29, 0.717) is 0 Å². The molecule has 0 aromatic carbocycles. The molecular weight excluding hydrogens is 182 g/mol. The smallest absolute Gasteiger partial charge is 0.0443 e. The molecule has 0 rings (SSSR count). The van der Waals surface area contributed by atoms with Crippen LogP contribution in [0.4, 0.5) is 0 Å². The van der Waals surface area contributed by atoms with Crippen LogP contribution in [0.2, 0.25) is 0 Å². The highest BCUT2D eigenvalue weighted by Crippen LogP contribution is 2.06. The summed E-state index contributed by atoms with van der Waals surface area (Å²) < 4.78 is 0. The average Bonchev–Trinajstić information content (AvgIpc) is 2.24. The van der Waals surface area contributed by atoms with Crippen molar-refractivity contribution in [2.45, 2.75) is 48.5 Å². The van der Waals surface area contributed by atoms with Gasteiger partial charge in [0.15, 0.2) is 0 Å². The Hall–Kier alpha value is -1.11. The van der Waals surface area contributed by atoms with Crippen LogP contribution in [0.15, 0.2) is 41.6 Å². The molecule has 0 N–H and O–H groups in total. The van der Waals surface area contributed by atoms with E-state index in [2.05, 4.69) is 18.2 Å². The van der Waals surface area contributed by atoms with Gasteiger partial charge in [-0.2, -0.15) is 0 Å². The lowest BCUT2D eigenvalue weighted by Crippen LogP contribution is -1.95. The molecule has 0 unspecified atom stereocenters. The summed E-state index contributed by atoms with van der Waals surface area (Å²) in [5, 5.41) is 0. The van der Waals surface area contributed by atoms with Gasteiger partial charge in [-0.15, -0.1) is 0 Å². The molecule has 88 valence electrons. The molecule has 1 heteroatoms. The van der Waals surface area contributed by atoms with E-state index in [1.807, 2.05) is 54.5 Å². The summed E-state index contributed by atoms with van der Waals surface area (Å²) >= 11 is 0. The number of hydrogen-bond acceptors (Lipinski definition) is 1. The summed E-state index contributed by atoms with van der Waals surface area (Å²) in [5.74, 6) is 0. The lowest BCUT2D eigenvalue weighted by molar-refractivity contribution is 1.35. The molecule has 0 amide bonds. The van der Waals surface area contributed by atoms with Gasteiger partial charge in [-0.3, -0.25) is 4.99 Å². The number of nitrogens with zero attached hydrogens (tertiary/aromatic N) is 1. The zero-order valence-corrected chi connectivity index (χ0v) is 11.5. The zero-order valence-electron chi connectivity index (χ0n) is 11.5. The van der Waals surface area contributed by atoms with Gasteiger partial charge in [0.1, 0.15) is 0 Å². The van der Waals surface area contributed by atoms with E-state index in [1.165, 1.54) is 5.57 Å². The largest absolute Gasteiger partial charge is 0.262 e. The monoisotopic (exact) mass is 209 g/mol. The minimum Gasteiger partial charge on any atom is -0.262 e. The van der Waals surface area contributed by atoms with Crippen molar-refractivity contribution in [3.63, 3.8) is 0 Å². The highest BCUT2D eigenvalue weighted by atomic mass is 14.7. The highest BCUT2D eigenvalue weighted by molar-refractivity contribution is 6.01. The van der Waals surface area contributed by atoms with Crippen LogP contribution >= 0.6 is 0 Å². The van der Waals surface area contributed by atoms with E-state index in [9.17, 15) is 0 Å². The summed E-state index contributed by atoms with van der Waals surface area (Å²) in [6, 6.07) is 0. The highest BCUT2D eigenvalue weighted by Gasteiger charge is 1.96. The second kappa shape index (κ2) is 15.4. The van der Waals surface area contributed by atoms with Crippen molar-refractivity contribution in [1.29, 1.82) is 0 Å². The Kier molecular flexibility index (Phi) is 19.9. The molecule has 0 aliphatic carbocycles. The molecule has 0 bridgehead atoms. The van der Waals surface area contributed by atoms with Crippen LogP contribution in [0.25, 0.3) is 0 Å². The first-order valence-corrected chi connectivity index (χ1v) is 5.59. The summed E-state index contributed by atoms with van der Waals surface area (Å²) in [6.45, 7) is 21.3. The Morgan fingerprint density at radius 1 is 0.933 bits per heavy atom. The Balaban J connectivity index is -0.000000318. The van der Waals surface area contributed by atoms with Gasteiger partial charge < -0.3 is 0 Å². The quantitative estimate of drug-likeness (QED) is 0.449. The lowest BCUT2D eigenvalue weighted by atomic mass is 10.1. The topological polar surface area (TPSA) is 12.4 Å². The average molecular weight is 209 g/mol. The second-order valence-corrected chi connectivity index (χ2v) is 2.51. The van der Waals surface area contributed by atoms with Crippen molar-refractivity contribution >= 4 is 5.71 Å². The standard InChI is InChI=1S/C10H15N.2C2H6/c1-6-10(8(3)4)9(5)11-7-2;2*1-2/h6-7H,1-2H2,3-5H3;2*1-2H3. The molecule has 0 atom stereocenters. The maximum atomic E-state index is 4.07. The van der Waals surface area contributed by atoms with E-state index < -0.39 is 0 Å². The van der Waals surface area contributed by atoms with Crippen molar-refractivity contribution in [2.75, 3.05) is 0 Å². The van der Waals surface area contributed by atoms with Gasteiger partial charge in [0.05, 0.1) is 0 Å². The van der Waals surface area contributed by atoms with Crippen LogP contribution in [-0.4, -0.2) is 5.71 Å². The van der Waals surface area contributed by atoms with Crippen molar-refractivity contribution in [2.24, 2.45) is 4.99 Å². The molecule has 0 aromatic rings. The molecule has 15 heavy (non-hydrogen) atoms. The first-order chi connectivity index (χ1) is 7.13. The normalized spacial score (nSPS) is 8.60. The van der Waals surface area contributed by atoms with Crippen molar-refractivity contribution in [3.05, 3.63) is 36.6 Å². The van der Waals surface area contributed by atoms with Gasteiger partial charge >= 0.3 is 0 Å². The SMILES string of the molecule is C=CN=C(C)C(C=C)=C(C)C.CC.CC. The van der Waals surface area contributed by atoms with Gasteiger partial charge in [-0.05, 0) is 26.3 Å². The third kappa shape index (κ3) is 10.8. The molecular formula is C14H27N. The fraction of sp³-hybridized carbons (Fsp3) is 0.500. The van der Waals surface area contributed by atoms with Crippen LogP contribution < -0.4 is 0 Å². The molecule has 0 aliphatic heterocycles. The van der Waals surface area contributed by atoms with E-state index in [-0.39, 0.29) is 0 Å². The van der Waals surface area contributed by atoms with Gasteiger partial charge in [0.25, 0.3) is 0 Å². The van der Waals surface area contributed by atoms with Crippen molar-refractivity contribution in [3.8, 4) is 0 Å². The van der Waals surface area contributed by atoms with E-state index >= 15 is 0 Å². The number of hydrogen-bond donors (Lipinski definition) is 0. The minimum atomic E-state index is 0.968. The molecule has 1 nitrogen and oxygen atoms in total. The maximum Gasteiger partial charge on any atom is 0.0443 e. The third-order valence-corrected chi connectivity index (χ3v) is 1.42. The molecule has 0 radical (unpaired) electrons. The first-order valence-electron chi connectivity index (χ1n) is 5.59. The van der Waals surface area contributed by atoms with Gasteiger partial charge in [0, 0.05) is 11.9 Å². The fourth-order valence-corrected chi connectivity index (χ4v) is 0.920. The zero-order chi connectivity index (χ0) is 12.9. The fourth-order valence-electron chi connectivity index (χ4n) is 0.920. The molecule has 0 fully saturated rings. The van der Waals surface area contributed by atoms with Crippen LogP contribution in [0.5, 0.6) is 0 Å². The Morgan fingerprint density at radius 3 is 1.53 bits per heavy atom. The maximum absolute atomic E-state index is 4.07. The predicted octanol–water partition coefficient (Wildman–Crippen LogP) is 5.17. The van der Waals surface area contributed by atoms with E-state index in [4.69, 9.17) is 0 Å². The molecule has 0 saturated heterocycles. The van der Waals surface area contributed by atoms with Crippen LogP contribution in [0.1, 0.15) is 48.5 Å². The summed E-state index contributed by atoms with van der Waals surface area (Å²) in [5.41, 5.74) is 3.29. The Labute approximate surface area is 96.3 Å². The van der Waals surface area contributed by atoms with E-state index in [0.717, 1.165) is 11.3 Å². The predicted molar refractivity (Wildman–Crippen MR) is 74.6 cm³/mol. The molecule has 0 aromatic heterocycles. The molecule has 0 heterocycles. The molecule has 0 saturated carbocycles. The van der Waals surface area contributed by atoms with Crippen LogP contribution in [-0.2, 0) is 0 Å². The second-order valence-electron chi connectivity index (χ2n) is 2.51. The Bertz CT molecular complexity index is 215.